The van der Waals surface area contributed by atoms with E-state index in [4.69, 9.17) is 11.6 Å². The van der Waals surface area contributed by atoms with Gasteiger partial charge in [0, 0.05) is 0 Å². The molecule has 0 unspecified atom stereocenters. The summed E-state index contributed by atoms with van der Waals surface area (Å²) in [6, 6.07) is 5.33. The number of nitrogens with one attached hydrogen (secondary N) is 1. The Morgan fingerprint density at radius 1 is 1.13 bits per heavy atom. The van der Waals surface area contributed by atoms with Crippen molar-refractivity contribution in [3.05, 3.63) is 58.4 Å². The molecule has 0 aliphatic heterocycles. The molecule has 0 amide bonds. The standard InChI is InChI=1S/C14H10ClF4NO2S/c1-8-5-13(11(15)7-12(8)16)20-23(21,22)10-4-2-3-9(6-10)14(17,18)19/h2-7,20H,1H3. The summed E-state index contributed by atoms with van der Waals surface area (Å²) >= 11 is 5.75. The van der Waals surface area contributed by atoms with E-state index < -0.39 is 32.5 Å². The molecule has 0 aromatic heterocycles. The first-order chi connectivity index (χ1) is 10.5. The predicted octanol–water partition coefficient (Wildman–Crippen LogP) is 4.61. The van der Waals surface area contributed by atoms with Gasteiger partial charge in [-0.25, -0.2) is 12.8 Å². The van der Waals surface area contributed by atoms with Crippen LogP contribution >= 0.6 is 11.6 Å². The highest BCUT2D eigenvalue weighted by molar-refractivity contribution is 7.92. The third kappa shape index (κ3) is 3.94. The van der Waals surface area contributed by atoms with E-state index in [2.05, 4.69) is 4.72 Å². The second-order valence-corrected chi connectivity index (χ2v) is 6.80. The predicted molar refractivity (Wildman–Crippen MR) is 78.4 cm³/mol. The first-order valence-electron chi connectivity index (χ1n) is 6.16. The van der Waals surface area contributed by atoms with Crippen LogP contribution in [0.2, 0.25) is 5.02 Å². The van der Waals surface area contributed by atoms with Crippen LogP contribution in [0.4, 0.5) is 23.2 Å². The number of hydrogen-bond acceptors (Lipinski definition) is 2. The highest BCUT2D eigenvalue weighted by Gasteiger charge is 2.31. The van der Waals surface area contributed by atoms with Crippen molar-refractivity contribution in [2.24, 2.45) is 0 Å². The zero-order valence-corrected chi connectivity index (χ0v) is 13.2. The SMILES string of the molecule is Cc1cc(NS(=O)(=O)c2cccc(C(F)(F)F)c2)c(Cl)cc1F. The van der Waals surface area contributed by atoms with Gasteiger partial charge in [0.2, 0.25) is 0 Å². The number of anilines is 1. The van der Waals surface area contributed by atoms with Gasteiger partial charge in [0.25, 0.3) is 10.0 Å². The van der Waals surface area contributed by atoms with Crippen molar-refractivity contribution in [2.45, 2.75) is 18.0 Å². The van der Waals surface area contributed by atoms with Crippen LogP contribution in [0.5, 0.6) is 0 Å². The summed E-state index contributed by atoms with van der Waals surface area (Å²) in [7, 11) is -4.31. The number of rotatable bonds is 3. The zero-order valence-electron chi connectivity index (χ0n) is 11.6. The smallest absolute Gasteiger partial charge is 0.278 e. The van der Waals surface area contributed by atoms with Gasteiger partial charge in [-0.05, 0) is 42.8 Å². The molecule has 124 valence electrons. The van der Waals surface area contributed by atoms with Crippen LogP contribution in [-0.2, 0) is 16.2 Å². The van der Waals surface area contributed by atoms with Crippen molar-refractivity contribution < 1.29 is 26.0 Å². The molecule has 23 heavy (non-hydrogen) atoms. The second-order valence-electron chi connectivity index (χ2n) is 4.71. The normalized spacial score (nSPS) is 12.3. The fourth-order valence-electron chi connectivity index (χ4n) is 1.78. The fraction of sp³-hybridized carbons (Fsp3) is 0.143. The maximum Gasteiger partial charge on any atom is 0.416 e. The molecule has 0 spiro atoms. The molecule has 0 atom stereocenters. The lowest BCUT2D eigenvalue weighted by atomic mass is 10.2. The molecule has 3 nitrogen and oxygen atoms in total. The van der Waals surface area contributed by atoms with Crippen molar-refractivity contribution in [3.8, 4) is 0 Å². The number of benzene rings is 2. The van der Waals surface area contributed by atoms with E-state index in [0.29, 0.717) is 6.07 Å². The summed E-state index contributed by atoms with van der Waals surface area (Å²) in [6.45, 7) is 1.40. The number of aryl methyl sites for hydroxylation is 1. The average molecular weight is 368 g/mol. The first-order valence-corrected chi connectivity index (χ1v) is 8.02. The Kier molecular flexibility index (Phi) is 4.59. The molecule has 2 aromatic carbocycles. The van der Waals surface area contributed by atoms with E-state index in [1.54, 1.807) is 0 Å². The van der Waals surface area contributed by atoms with Crippen molar-refractivity contribution in [2.75, 3.05) is 4.72 Å². The maximum absolute atomic E-state index is 13.3. The highest BCUT2D eigenvalue weighted by Crippen LogP contribution is 2.32. The van der Waals surface area contributed by atoms with Crippen LogP contribution in [0.3, 0.4) is 0 Å². The summed E-state index contributed by atoms with van der Waals surface area (Å²) < 4.78 is 77.8. The van der Waals surface area contributed by atoms with E-state index in [-0.39, 0.29) is 16.3 Å². The molecular formula is C14H10ClF4NO2S. The molecular weight excluding hydrogens is 358 g/mol. The summed E-state index contributed by atoms with van der Waals surface area (Å²) in [5, 5.41) is -0.205. The van der Waals surface area contributed by atoms with Gasteiger partial charge in [0.15, 0.2) is 0 Å². The van der Waals surface area contributed by atoms with E-state index in [1.165, 1.54) is 6.92 Å². The Hall–Kier alpha value is -1.80. The van der Waals surface area contributed by atoms with Crippen LogP contribution < -0.4 is 4.72 Å². The van der Waals surface area contributed by atoms with Crippen LogP contribution in [0, 0.1) is 12.7 Å². The largest absolute Gasteiger partial charge is 0.416 e. The van der Waals surface area contributed by atoms with Gasteiger partial charge in [0.05, 0.1) is 21.2 Å². The van der Waals surface area contributed by atoms with E-state index >= 15 is 0 Å². The molecule has 0 fully saturated rings. The molecule has 0 aliphatic carbocycles. The Morgan fingerprint density at radius 2 is 1.78 bits per heavy atom. The summed E-state index contributed by atoms with van der Waals surface area (Å²) in [4.78, 5) is -0.578. The molecule has 0 saturated carbocycles. The zero-order chi connectivity index (χ0) is 17.4. The number of alkyl halides is 3. The van der Waals surface area contributed by atoms with E-state index in [9.17, 15) is 26.0 Å². The lowest BCUT2D eigenvalue weighted by Crippen LogP contribution is -2.15. The molecule has 9 heteroatoms. The van der Waals surface area contributed by atoms with Gasteiger partial charge in [-0.3, -0.25) is 4.72 Å². The molecule has 0 aliphatic rings. The molecule has 2 aromatic rings. The van der Waals surface area contributed by atoms with Gasteiger partial charge in [0.1, 0.15) is 5.82 Å². The molecule has 0 saturated heterocycles. The van der Waals surface area contributed by atoms with Gasteiger partial charge in [-0.1, -0.05) is 17.7 Å². The van der Waals surface area contributed by atoms with E-state index in [0.717, 1.165) is 30.3 Å². The maximum atomic E-state index is 13.3. The average Bonchev–Trinajstić information content (AvgIpc) is 2.44. The van der Waals surface area contributed by atoms with Gasteiger partial charge in [-0.2, -0.15) is 13.2 Å². The highest BCUT2D eigenvalue weighted by atomic mass is 35.5. The third-order valence-corrected chi connectivity index (χ3v) is 4.64. The Balaban J connectivity index is 2.42. The molecule has 0 heterocycles. The van der Waals surface area contributed by atoms with Crippen LogP contribution in [-0.4, -0.2) is 8.42 Å². The quantitative estimate of drug-likeness (QED) is 0.805. The third-order valence-electron chi connectivity index (χ3n) is 2.96. The summed E-state index contributed by atoms with van der Waals surface area (Å²) in [6.07, 6.45) is -4.67. The van der Waals surface area contributed by atoms with Crippen LogP contribution in [0.15, 0.2) is 41.3 Å². The van der Waals surface area contributed by atoms with Crippen LogP contribution in [0.25, 0.3) is 0 Å². The first kappa shape index (κ1) is 17.6. The number of halogens is 5. The second kappa shape index (κ2) is 6.01. The monoisotopic (exact) mass is 367 g/mol. The minimum atomic E-state index is -4.67. The van der Waals surface area contributed by atoms with Crippen molar-refractivity contribution in [1.29, 1.82) is 0 Å². The number of sulfonamides is 1. The Bertz CT molecular complexity index is 850. The lowest BCUT2D eigenvalue weighted by molar-refractivity contribution is -0.137. The van der Waals surface area contributed by atoms with Crippen LogP contribution in [0.1, 0.15) is 11.1 Å². The molecule has 2 rings (SSSR count). The number of hydrogen-bond donors (Lipinski definition) is 1. The summed E-state index contributed by atoms with van der Waals surface area (Å²) in [5.74, 6) is -0.628. The fourth-order valence-corrected chi connectivity index (χ4v) is 3.15. The van der Waals surface area contributed by atoms with Gasteiger partial charge >= 0.3 is 6.18 Å². The molecule has 0 radical (unpaired) electrons. The molecule has 1 N–H and O–H groups in total. The van der Waals surface area contributed by atoms with Crippen molar-refractivity contribution in [3.63, 3.8) is 0 Å². The van der Waals surface area contributed by atoms with E-state index in [1.807, 2.05) is 0 Å². The minimum Gasteiger partial charge on any atom is -0.278 e. The minimum absolute atomic E-state index is 0.122. The Labute approximate surface area is 134 Å². The van der Waals surface area contributed by atoms with Gasteiger partial charge in [-0.15, -0.1) is 0 Å². The Morgan fingerprint density at radius 3 is 2.39 bits per heavy atom. The lowest BCUT2D eigenvalue weighted by Gasteiger charge is -2.12. The van der Waals surface area contributed by atoms with Gasteiger partial charge < -0.3 is 0 Å². The molecule has 0 bridgehead atoms. The summed E-state index contributed by atoms with van der Waals surface area (Å²) in [5.41, 5.74) is -1.08. The van der Waals surface area contributed by atoms with Crippen molar-refractivity contribution in [1.82, 2.24) is 0 Å². The van der Waals surface area contributed by atoms with Crippen molar-refractivity contribution >= 4 is 27.3 Å². The topological polar surface area (TPSA) is 46.2 Å².